The molecule has 2 amide bonds. The van der Waals surface area contributed by atoms with Crippen molar-refractivity contribution >= 4 is 46.6 Å². The highest BCUT2D eigenvalue weighted by Gasteiger charge is 2.14. The Labute approximate surface area is 162 Å². The minimum Gasteiger partial charge on any atom is -0.326 e. The van der Waals surface area contributed by atoms with Crippen LogP contribution in [0, 0.1) is 0 Å². The lowest BCUT2D eigenvalue weighted by atomic mass is 10.1. The Hall–Kier alpha value is -2.31. The van der Waals surface area contributed by atoms with Gasteiger partial charge in [-0.3, -0.25) is 9.59 Å². The number of hydrogen-bond donors (Lipinski definition) is 2. The molecule has 0 spiro atoms. The Morgan fingerprint density at radius 3 is 2.46 bits per heavy atom. The van der Waals surface area contributed by atoms with E-state index >= 15 is 0 Å². The molecule has 5 nitrogen and oxygen atoms in total. The van der Waals surface area contributed by atoms with Crippen LogP contribution in [0.25, 0.3) is 0 Å². The molecule has 0 unspecified atom stereocenters. The number of carbonyl (C=O) groups is 2. The predicted molar refractivity (Wildman–Crippen MR) is 108 cm³/mol. The maximum atomic E-state index is 12.2. The molecule has 0 aliphatic rings. The van der Waals surface area contributed by atoms with E-state index in [9.17, 15) is 9.59 Å². The number of benzene rings is 2. The van der Waals surface area contributed by atoms with Gasteiger partial charge in [0.15, 0.2) is 0 Å². The summed E-state index contributed by atoms with van der Waals surface area (Å²) in [7, 11) is 0. The molecule has 0 radical (unpaired) electrons. The van der Waals surface area contributed by atoms with Crippen molar-refractivity contribution in [3.8, 4) is 0 Å². The molecule has 0 saturated carbocycles. The van der Waals surface area contributed by atoms with Crippen LogP contribution in [0.2, 0.25) is 5.02 Å². The van der Waals surface area contributed by atoms with E-state index in [2.05, 4.69) is 15.8 Å². The minimum atomic E-state index is -0.307. The summed E-state index contributed by atoms with van der Waals surface area (Å²) in [6, 6.07) is 14.6. The number of nitrogens with zero attached hydrogens (tertiary/aromatic N) is 1. The summed E-state index contributed by atoms with van der Waals surface area (Å²) in [5.41, 5.74) is 4.73. The normalized spacial score (nSPS) is 12.4. The van der Waals surface area contributed by atoms with E-state index in [0.717, 1.165) is 10.5 Å². The lowest BCUT2D eigenvalue weighted by Crippen LogP contribution is -2.27. The second-order valence-electron chi connectivity index (χ2n) is 5.65. The molecule has 2 N–H and O–H groups in total. The summed E-state index contributed by atoms with van der Waals surface area (Å²) in [4.78, 5) is 24.3. The van der Waals surface area contributed by atoms with E-state index < -0.39 is 0 Å². The van der Waals surface area contributed by atoms with Gasteiger partial charge in [-0.1, -0.05) is 23.7 Å². The van der Waals surface area contributed by atoms with Crippen LogP contribution in [0.5, 0.6) is 0 Å². The first kappa shape index (κ1) is 20.0. The van der Waals surface area contributed by atoms with Crippen LogP contribution in [0.1, 0.15) is 26.3 Å². The highest BCUT2D eigenvalue weighted by atomic mass is 35.5. The van der Waals surface area contributed by atoms with Crippen molar-refractivity contribution in [1.82, 2.24) is 5.43 Å². The third-order valence-electron chi connectivity index (χ3n) is 3.43. The number of carbonyl (C=O) groups excluding carboxylic acids is 2. The average molecular weight is 390 g/mol. The standard InChI is InChI=1S/C19H20ClN3O2S/c1-12(15-5-4-6-17(11-15)21-14(3)24)22-23-19(25)13(2)26-18-9-7-16(20)8-10-18/h4-11,13H,1-3H3,(H,21,24)(H,23,25)/b22-12-/t13-/m1/s1. The van der Waals surface area contributed by atoms with Gasteiger partial charge >= 0.3 is 0 Å². The van der Waals surface area contributed by atoms with Crippen molar-refractivity contribution in [2.45, 2.75) is 30.9 Å². The van der Waals surface area contributed by atoms with Crippen LogP contribution in [-0.4, -0.2) is 22.8 Å². The molecule has 2 aromatic carbocycles. The van der Waals surface area contributed by atoms with Gasteiger partial charge in [0, 0.05) is 22.5 Å². The average Bonchev–Trinajstić information content (AvgIpc) is 2.61. The molecule has 0 aliphatic heterocycles. The molecular formula is C19H20ClN3O2S. The smallest absolute Gasteiger partial charge is 0.253 e. The number of rotatable bonds is 6. The monoisotopic (exact) mass is 389 g/mol. The lowest BCUT2D eigenvalue weighted by Gasteiger charge is -2.10. The molecule has 0 bridgehead atoms. The van der Waals surface area contributed by atoms with Crippen molar-refractivity contribution in [1.29, 1.82) is 0 Å². The maximum absolute atomic E-state index is 12.2. The van der Waals surface area contributed by atoms with Crippen molar-refractivity contribution in [3.05, 3.63) is 59.1 Å². The fourth-order valence-corrected chi connectivity index (χ4v) is 3.08. The van der Waals surface area contributed by atoms with Crippen LogP contribution in [-0.2, 0) is 9.59 Å². The summed E-state index contributed by atoms with van der Waals surface area (Å²) >= 11 is 7.29. The van der Waals surface area contributed by atoms with Gasteiger partial charge in [-0.2, -0.15) is 5.10 Å². The third-order valence-corrected chi connectivity index (χ3v) is 4.79. The summed E-state index contributed by atoms with van der Waals surface area (Å²) in [6.07, 6.45) is 0. The number of thioether (sulfide) groups is 1. The molecule has 0 fully saturated rings. The van der Waals surface area contributed by atoms with Crippen LogP contribution < -0.4 is 10.7 Å². The molecule has 136 valence electrons. The SMILES string of the molecule is CC(=O)Nc1cccc(/C(C)=N\NC(=O)[C@@H](C)Sc2ccc(Cl)cc2)c1. The zero-order valence-electron chi connectivity index (χ0n) is 14.7. The first-order valence-electron chi connectivity index (χ1n) is 7.99. The van der Waals surface area contributed by atoms with Gasteiger partial charge in [-0.15, -0.1) is 11.8 Å². The number of hydrogen-bond acceptors (Lipinski definition) is 4. The van der Waals surface area contributed by atoms with Crippen LogP contribution in [0.15, 0.2) is 58.5 Å². The second kappa shape index (κ2) is 9.40. The predicted octanol–water partition coefficient (Wildman–Crippen LogP) is 4.32. The zero-order chi connectivity index (χ0) is 19.1. The molecule has 0 aliphatic carbocycles. The van der Waals surface area contributed by atoms with Crippen LogP contribution in [0.3, 0.4) is 0 Å². The summed E-state index contributed by atoms with van der Waals surface area (Å²) in [6.45, 7) is 5.06. The van der Waals surface area contributed by atoms with E-state index in [0.29, 0.717) is 16.4 Å². The second-order valence-corrected chi connectivity index (χ2v) is 7.50. The number of anilines is 1. The Balaban J connectivity index is 1.97. The lowest BCUT2D eigenvalue weighted by molar-refractivity contribution is -0.120. The highest BCUT2D eigenvalue weighted by molar-refractivity contribution is 8.00. The van der Waals surface area contributed by atoms with Crippen molar-refractivity contribution in [2.75, 3.05) is 5.32 Å². The number of nitrogens with one attached hydrogen (secondary N) is 2. The topological polar surface area (TPSA) is 70.6 Å². The molecule has 0 heterocycles. The fourth-order valence-electron chi connectivity index (χ4n) is 2.09. The van der Waals surface area contributed by atoms with Crippen molar-refractivity contribution in [3.63, 3.8) is 0 Å². The maximum Gasteiger partial charge on any atom is 0.253 e. The summed E-state index contributed by atoms with van der Waals surface area (Å²) in [5, 5.41) is 7.24. The largest absolute Gasteiger partial charge is 0.326 e. The quantitative estimate of drug-likeness (QED) is 0.439. The van der Waals surface area contributed by atoms with Gasteiger partial charge < -0.3 is 5.32 Å². The van der Waals surface area contributed by atoms with Gasteiger partial charge in [0.25, 0.3) is 5.91 Å². The molecule has 7 heteroatoms. The molecular weight excluding hydrogens is 370 g/mol. The van der Waals surface area contributed by atoms with E-state index in [1.54, 1.807) is 31.2 Å². The number of halogens is 1. The Bertz CT molecular complexity index is 822. The fraction of sp³-hybridized carbons (Fsp3) is 0.211. The molecule has 1 atom stereocenters. The molecule has 0 aromatic heterocycles. The van der Waals surface area contributed by atoms with Gasteiger partial charge in [0.05, 0.1) is 11.0 Å². The van der Waals surface area contributed by atoms with Gasteiger partial charge in [0.2, 0.25) is 5.91 Å². The van der Waals surface area contributed by atoms with Gasteiger partial charge in [-0.05, 0) is 55.8 Å². The Kier molecular flexibility index (Phi) is 7.24. The number of hydrazone groups is 1. The van der Waals surface area contributed by atoms with E-state index in [4.69, 9.17) is 11.6 Å². The zero-order valence-corrected chi connectivity index (χ0v) is 16.3. The van der Waals surface area contributed by atoms with Crippen LogP contribution >= 0.6 is 23.4 Å². The van der Waals surface area contributed by atoms with Crippen molar-refractivity contribution < 1.29 is 9.59 Å². The molecule has 26 heavy (non-hydrogen) atoms. The first-order chi connectivity index (χ1) is 12.3. The third kappa shape index (κ3) is 6.20. The first-order valence-corrected chi connectivity index (χ1v) is 9.25. The Morgan fingerprint density at radius 1 is 1.12 bits per heavy atom. The number of amides is 2. The minimum absolute atomic E-state index is 0.141. The van der Waals surface area contributed by atoms with Gasteiger partial charge in [-0.25, -0.2) is 5.43 Å². The summed E-state index contributed by atoms with van der Waals surface area (Å²) < 4.78 is 0. The molecule has 2 aromatic rings. The molecule has 2 rings (SSSR count). The van der Waals surface area contributed by atoms with E-state index in [-0.39, 0.29) is 17.1 Å². The Morgan fingerprint density at radius 2 is 1.81 bits per heavy atom. The highest BCUT2D eigenvalue weighted by Crippen LogP contribution is 2.24. The van der Waals surface area contributed by atoms with E-state index in [1.165, 1.54) is 18.7 Å². The summed E-state index contributed by atoms with van der Waals surface area (Å²) in [5.74, 6) is -0.333. The van der Waals surface area contributed by atoms with Crippen LogP contribution in [0.4, 0.5) is 5.69 Å². The van der Waals surface area contributed by atoms with E-state index in [1.807, 2.05) is 31.2 Å². The molecule has 0 saturated heterocycles. The van der Waals surface area contributed by atoms with Gasteiger partial charge in [0.1, 0.15) is 0 Å². The van der Waals surface area contributed by atoms with Crippen molar-refractivity contribution in [2.24, 2.45) is 5.10 Å².